The molecule has 1 heteroatoms. The predicted molar refractivity (Wildman–Crippen MR) is 93.8 cm³/mol. The molecule has 1 nitrogen and oxygen atoms in total. The Balaban J connectivity index is 2.36. The number of benzene rings is 2. The van der Waals surface area contributed by atoms with Crippen molar-refractivity contribution >= 4 is 11.3 Å². The van der Waals surface area contributed by atoms with E-state index in [1.165, 1.54) is 16.8 Å². The van der Waals surface area contributed by atoms with Gasteiger partial charge in [0.1, 0.15) is 0 Å². The highest BCUT2D eigenvalue weighted by Gasteiger charge is 2.14. The van der Waals surface area contributed by atoms with Crippen LogP contribution in [-0.4, -0.2) is 12.1 Å². The summed E-state index contributed by atoms with van der Waals surface area (Å²) in [6.07, 6.45) is 0. The first-order valence-corrected chi connectivity index (χ1v) is 7.64. The Morgan fingerprint density at radius 1 is 0.810 bits per heavy atom. The highest BCUT2D eigenvalue weighted by atomic mass is 15.2. The zero-order valence-electron chi connectivity index (χ0n) is 13.5. The van der Waals surface area contributed by atoms with Crippen LogP contribution < -0.4 is 4.90 Å². The van der Waals surface area contributed by atoms with Crippen LogP contribution >= 0.6 is 0 Å². The number of anilines is 1. The van der Waals surface area contributed by atoms with Crippen LogP contribution in [0.5, 0.6) is 0 Å². The molecule has 0 saturated carbocycles. The Morgan fingerprint density at radius 3 is 1.95 bits per heavy atom. The van der Waals surface area contributed by atoms with Gasteiger partial charge in [-0.3, -0.25) is 0 Å². The summed E-state index contributed by atoms with van der Waals surface area (Å²) in [5.74, 6) is 0. The molecule has 0 radical (unpaired) electrons. The molecule has 0 heterocycles. The molecule has 2 aromatic rings. The van der Waals surface area contributed by atoms with Gasteiger partial charge in [-0.05, 0) is 56.5 Å². The zero-order chi connectivity index (χ0) is 15.4. The van der Waals surface area contributed by atoms with Gasteiger partial charge in [-0.2, -0.15) is 0 Å². The maximum atomic E-state index is 4.27. The highest BCUT2D eigenvalue weighted by molar-refractivity contribution is 5.79. The van der Waals surface area contributed by atoms with Crippen LogP contribution in [0.15, 0.2) is 61.2 Å². The molecule has 0 aliphatic carbocycles. The van der Waals surface area contributed by atoms with E-state index in [2.05, 4.69) is 87.7 Å². The topological polar surface area (TPSA) is 3.24 Å². The molecule has 0 atom stereocenters. The molecule has 0 aliphatic rings. The normalized spacial score (nSPS) is 11.0. The second kappa shape index (κ2) is 6.62. The molecule has 110 valence electrons. The van der Waals surface area contributed by atoms with Gasteiger partial charge in [0.2, 0.25) is 0 Å². The fourth-order valence-corrected chi connectivity index (χ4v) is 2.85. The number of hydrogen-bond donors (Lipinski definition) is 0. The second-order valence-corrected chi connectivity index (χ2v) is 5.99. The molecule has 0 fully saturated rings. The Kier molecular flexibility index (Phi) is 4.85. The number of nitrogens with zero attached hydrogens (tertiary/aromatic N) is 1. The summed E-state index contributed by atoms with van der Waals surface area (Å²) >= 11 is 0. The molecular weight excluding hydrogens is 254 g/mol. The Hall–Kier alpha value is -2.02. The van der Waals surface area contributed by atoms with E-state index in [0.29, 0.717) is 12.1 Å². The molecule has 0 saturated heterocycles. The largest absolute Gasteiger partial charge is 0.367 e. The molecule has 21 heavy (non-hydrogen) atoms. The minimum absolute atomic E-state index is 0.477. The molecule has 0 spiro atoms. The van der Waals surface area contributed by atoms with Crippen LogP contribution in [-0.2, 0) is 0 Å². The average molecular weight is 279 g/mol. The maximum absolute atomic E-state index is 4.27. The standard InChI is InChI=1S/C20H25N/c1-15(2)21(16(3)4)20-13-9-12-19(14-20)17(5)18-10-7-6-8-11-18/h6-16H,5H2,1-4H3. The van der Waals surface area contributed by atoms with Gasteiger partial charge in [0.05, 0.1) is 0 Å². The van der Waals surface area contributed by atoms with Crippen molar-refractivity contribution in [3.05, 3.63) is 72.3 Å². The SMILES string of the molecule is C=C(c1ccccc1)c1cccc(N(C(C)C)C(C)C)c1. The van der Waals surface area contributed by atoms with Crippen molar-refractivity contribution in [2.45, 2.75) is 39.8 Å². The smallest absolute Gasteiger partial charge is 0.0377 e. The molecule has 2 aromatic carbocycles. The van der Waals surface area contributed by atoms with Crippen molar-refractivity contribution in [2.24, 2.45) is 0 Å². The Bertz CT molecular complexity index is 588. The summed E-state index contributed by atoms with van der Waals surface area (Å²) < 4.78 is 0. The molecule has 0 bridgehead atoms. The minimum atomic E-state index is 0.477. The van der Waals surface area contributed by atoms with Crippen LogP contribution in [0.25, 0.3) is 5.57 Å². The van der Waals surface area contributed by atoms with E-state index in [1.807, 2.05) is 6.07 Å². The minimum Gasteiger partial charge on any atom is -0.367 e. The van der Waals surface area contributed by atoms with E-state index in [4.69, 9.17) is 0 Å². The monoisotopic (exact) mass is 279 g/mol. The van der Waals surface area contributed by atoms with Gasteiger partial charge >= 0.3 is 0 Å². The number of rotatable bonds is 5. The second-order valence-electron chi connectivity index (χ2n) is 5.99. The van der Waals surface area contributed by atoms with Gasteiger partial charge < -0.3 is 4.90 Å². The highest BCUT2D eigenvalue weighted by Crippen LogP contribution is 2.27. The molecule has 2 rings (SSSR count). The van der Waals surface area contributed by atoms with Gasteiger partial charge in [0.25, 0.3) is 0 Å². The van der Waals surface area contributed by atoms with E-state index >= 15 is 0 Å². The van der Waals surface area contributed by atoms with E-state index in [9.17, 15) is 0 Å². The molecular formula is C20H25N. The average Bonchev–Trinajstić information content (AvgIpc) is 2.47. The van der Waals surface area contributed by atoms with Crippen molar-refractivity contribution in [1.29, 1.82) is 0 Å². The van der Waals surface area contributed by atoms with Crippen LogP contribution in [0.4, 0.5) is 5.69 Å². The van der Waals surface area contributed by atoms with Gasteiger partial charge in [0, 0.05) is 17.8 Å². The van der Waals surface area contributed by atoms with Gasteiger partial charge in [-0.15, -0.1) is 0 Å². The summed E-state index contributed by atoms with van der Waals surface area (Å²) in [6, 6.07) is 20.0. The van der Waals surface area contributed by atoms with E-state index < -0.39 is 0 Å². The van der Waals surface area contributed by atoms with Crippen LogP contribution in [0.3, 0.4) is 0 Å². The van der Waals surface area contributed by atoms with Crippen LogP contribution in [0, 0.1) is 0 Å². The van der Waals surface area contributed by atoms with Crippen molar-refractivity contribution in [1.82, 2.24) is 0 Å². The lowest BCUT2D eigenvalue weighted by molar-refractivity contribution is 0.608. The molecule has 0 amide bonds. The molecule has 0 unspecified atom stereocenters. The van der Waals surface area contributed by atoms with E-state index in [1.54, 1.807) is 0 Å². The quantitative estimate of drug-likeness (QED) is 0.711. The lowest BCUT2D eigenvalue weighted by atomic mass is 9.98. The third-order valence-corrected chi connectivity index (χ3v) is 3.73. The Morgan fingerprint density at radius 2 is 1.38 bits per heavy atom. The van der Waals surface area contributed by atoms with Crippen molar-refractivity contribution in [2.75, 3.05) is 4.90 Å². The van der Waals surface area contributed by atoms with E-state index in [0.717, 1.165) is 5.57 Å². The first kappa shape index (κ1) is 15.4. The maximum Gasteiger partial charge on any atom is 0.0377 e. The van der Waals surface area contributed by atoms with E-state index in [-0.39, 0.29) is 0 Å². The summed E-state index contributed by atoms with van der Waals surface area (Å²) in [4.78, 5) is 2.43. The third kappa shape index (κ3) is 3.55. The van der Waals surface area contributed by atoms with Gasteiger partial charge in [-0.1, -0.05) is 49.0 Å². The Labute approximate surface area is 128 Å². The fourth-order valence-electron chi connectivity index (χ4n) is 2.85. The van der Waals surface area contributed by atoms with Crippen LogP contribution in [0.1, 0.15) is 38.8 Å². The first-order chi connectivity index (χ1) is 10.0. The zero-order valence-corrected chi connectivity index (χ0v) is 13.5. The van der Waals surface area contributed by atoms with Crippen LogP contribution in [0.2, 0.25) is 0 Å². The lowest BCUT2D eigenvalue weighted by Gasteiger charge is -2.33. The van der Waals surface area contributed by atoms with Crippen molar-refractivity contribution < 1.29 is 0 Å². The fraction of sp³-hybridized carbons (Fsp3) is 0.300. The number of hydrogen-bond acceptors (Lipinski definition) is 1. The predicted octanol–water partition coefficient (Wildman–Crippen LogP) is 5.37. The summed E-state index contributed by atoms with van der Waals surface area (Å²) in [5.41, 5.74) is 4.69. The van der Waals surface area contributed by atoms with Gasteiger partial charge in [0.15, 0.2) is 0 Å². The third-order valence-electron chi connectivity index (χ3n) is 3.73. The first-order valence-electron chi connectivity index (χ1n) is 7.64. The molecule has 0 aliphatic heterocycles. The van der Waals surface area contributed by atoms with Gasteiger partial charge in [-0.25, -0.2) is 0 Å². The molecule has 0 N–H and O–H groups in total. The summed E-state index contributed by atoms with van der Waals surface area (Å²) in [7, 11) is 0. The van der Waals surface area contributed by atoms with Crippen molar-refractivity contribution in [3.8, 4) is 0 Å². The lowest BCUT2D eigenvalue weighted by Crippen LogP contribution is -2.36. The summed E-state index contributed by atoms with van der Waals surface area (Å²) in [5, 5.41) is 0. The van der Waals surface area contributed by atoms with Crippen molar-refractivity contribution in [3.63, 3.8) is 0 Å². The molecule has 0 aromatic heterocycles. The summed E-state index contributed by atoms with van der Waals surface area (Å²) in [6.45, 7) is 13.2.